The molecule has 2 rings (SSSR count). The number of likely N-dealkylation sites (tertiary alicyclic amines) is 1. The van der Waals surface area contributed by atoms with Gasteiger partial charge in [-0.15, -0.1) is 0 Å². The highest BCUT2D eigenvalue weighted by Gasteiger charge is 2.32. The predicted molar refractivity (Wildman–Crippen MR) is 61.7 cm³/mol. The molecule has 4 unspecified atom stereocenters. The highest BCUT2D eigenvalue weighted by Crippen LogP contribution is 2.27. The van der Waals surface area contributed by atoms with Gasteiger partial charge in [-0.25, -0.2) is 0 Å². The highest BCUT2D eigenvalue weighted by atomic mass is 16.5. The van der Waals surface area contributed by atoms with Crippen LogP contribution in [-0.2, 0) is 4.74 Å². The summed E-state index contributed by atoms with van der Waals surface area (Å²) >= 11 is 0. The van der Waals surface area contributed by atoms with Crippen LogP contribution in [0.25, 0.3) is 0 Å². The van der Waals surface area contributed by atoms with Crippen LogP contribution in [0, 0.1) is 11.8 Å². The molecule has 88 valence electrons. The fraction of sp³-hybridized carbons (Fsp3) is 1.00. The second kappa shape index (κ2) is 4.81. The van der Waals surface area contributed by atoms with Gasteiger partial charge in [0.15, 0.2) is 0 Å². The number of hydrogen-bond acceptors (Lipinski definition) is 3. The van der Waals surface area contributed by atoms with Gasteiger partial charge in [0.05, 0.1) is 6.61 Å². The lowest BCUT2D eigenvalue weighted by Crippen LogP contribution is -2.38. The molecule has 15 heavy (non-hydrogen) atoms. The van der Waals surface area contributed by atoms with Crippen molar-refractivity contribution >= 4 is 0 Å². The molecule has 2 fully saturated rings. The van der Waals surface area contributed by atoms with E-state index >= 15 is 0 Å². The van der Waals surface area contributed by atoms with Gasteiger partial charge in [0.1, 0.15) is 0 Å². The maximum Gasteiger partial charge on any atom is 0.0509 e. The molecule has 2 saturated heterocycles. The summed E-state index contributed by atoms with van der Waals surface area (Å²) in [6.45, 7) is 8.82. The maximum absolute atomic E-state index is 5.96. The molecule has 2 aliphatic heterocycles. The van der Waals surface area contributed by atoms with Crippen molar-refractivity contribution in [1.29, 1.82) is 0 Å². The minimum absolute atomic E-state index is 0.349. The van der Waals surface area contributed by atoms with Gasteiger partial charge in [-0.2, -0.15) is 0 Å². The zero-order valence-corrected chi connectivity index (χ0v) is 9.98. The fourth-order valence-electron chi connectivity index (χ4n) is 2.85. The normalized spacial score (nSPS) is 37.0. The van der Waals surface area contributed by atoms with Crippen LogP contribution in [0.2, 0.25) is 0 Å². The summed E-state index contributed by atoms with van der Waals surface area (Å²) in [5.41, 5.74) is 5.96. The molecule has 2 aliphatic rings. The van der Waals surface area contributed by atoms with Gasteiger partial charge in [-0.05, 0) is 45.1 Å². The minimum atomic E-state index is 0.349. The molecular weight excluding hydrogens is 188 g/mol. The number of hydrogen-bond donors (Lipinski definition) is 1. The molecule has 2 heterocycles. The first-order valence-electron chi connectivity index (χ1n) is 6.26. The molecule has 0 bridgehead atoms. The molecule has 0 spiro atoms. The number of rotatable bonds is 3. The second-order valence-corrected chi connectivity index (χ2v) is 5.27. The third kappa shape index (κ3) is 2.52. The molecule has 0 aromatic carbocycles. The minimum Gasteiger partial charge on any atom is -0.381 e. The number of nitrogens with two attached hydrogens (primary N) is 1. The first kappa shape index (κ1) is 11.4. The van der Waals surface area contributed by atoms with Crippen LogP contribution in [-0.4, -0.2) is 43.3 Å². The average Bonchev–Trinajstić information content (AvgIpc) is 2.88. The summed E-state index contributed by atoms with van der Waals surface area (Å²) in [5.74, 6) is 1.45. The SMILES string of the molecule is CC(N)C1CCN(C(C)C2CCOC2)C1. The average molecular weight is 212 g/mol. The van der Waals surface area contributed by atoms with Crippen LogP contribution >= 0.6 is 0 Å². The van der Waals surface area contributed by atoms with Crippen molar-refractivity contribution in [1.82, 2.24) is 4.90 Å². The Hall–Kier alpha value is -0.120. The van der Waals surface area contributed by atoms with Crippen LogP contribution in [0.4, 0.5) is 0 Å². The van der Waals surface area contributed by atoms with Gasteiger partial charge >= 0.3 is 0 Å². The van der Waals surface area contributed by atoms with Gasteiger partial charge in [-0.3, -0.25) is 4.90 Å². The molecule has 0 saturated carbocycles. The molecule has 0 radical (unpaired) electrons. The van der Waals surface area contributed by atoms with Crippen LogP contribution in [0.1, 0.15) is 26.7 Å². The Balaban J connectivity index is 1.84. The van der Waals surface area contributed by atoms with Crippen molar-refractivity contribution < 1.29 is 4.74 Å². The lowest BCUT2D eigenvalue weighted by atomic mass is 9.99. The molecule has 0 aliphatic carbocycles. The summed E-state index contributed by atoms with van der Waals surface area (Å²) in [6.07, 6.45) is 2.51. The van der Waals surface area contributed by atoms with E-state index in [1.165, 1.54) is 25.9 Å². The molecule has 3 heteroatoms. The van der Waals surface area contributed by atoms with Crippen LogP contribution < -0.4 is 5.73 Å². The van der Waals surface area contributed by atoms with Crippen molar-refractivity contribution in [2.24, 2.45) is 17.6 Å². The van der Waals surface area contributed by atoms with Gasteiger partial charge in [0.2, 0.25) is 0 Å². The quantitative estimate of drug-likeness (QED) is 0.761. The van der Waals surface area contributed by atoms with Crippen LogP contribution in [0.15, 0.2) is 0 Å². The van der Waals surface area contributed by atoms with Crippen molar-refractivity contribution in [3.8, 4) is 0 Å². The van der Waals surface area contributed by atoms with E-state index in [0.29, 0.717) is 18.0 Å². The van der Waals surface area contributed by atoms with E-state index < -0.39 is 0 Å². The Labute approximate surface area is 93.0 Å². The molecular formula is C12H24N2O. The smallest absolute Gasteiger partial charge is 0.0509 e. The molecule has 0 aromatic rings. The zero-order chi connectivity index (χ0) is 10.8. The third-order valence-corrected chi connectivity index (χ3v) is 4.22. The lowest BCUT2D eigenvalue weighted by molar-refractivity contribution is 0.141. The van der Waals surface area contributed by atoms with Crippen LogP contribution in [0.3, 0.4) is 0 Å². The summed E-state index contributed by atoms with van der Waals surface area (Å²) in [7, 11) is 0. The van der Waals surface area contributed by atoms with E-state index in [-0.39, 0.29) is 0 Å². The summed E-state index contributed by atoms with van der Waals surface area (Å²) < 4.78 is 5.46. The molecule has 2 N–H and O–H groups in total. The largest absolute Gasteiger partial charge is 0.381 e. The van der Waals surface area contributed by atoms with E-state index in [4.69, 9.17) is 10.5 Å². The van der Waals surface area contributed by atoms with E-state index in [2.05, 4.69) is 18.7 Å². The van der Waals surface area contributed by atoms with E-state index in [0.717, 1.165) is 19.1 Å². The second-order valence-electron chi connectivity index (χ2n) is 5.27. The first-order valence-corrected chi connectivity index (χ1v) is 6.26. The van der Waals surface area contributed by atoms with E-state index in [1.54, 1.807) is 0 Å². The summed E-state index contributed by atoms with van der Waals surface area (Å²) in [4.78, 5) is 2.60. The van der Waals surface area contributed by atoms with Crippen molar-refractivity contribution in [3.63, 3.8) is 0 Å². The third-order valence-electron chi connectivity index (χ3n) is 4.22. The Morgan fingerprint density at radius 2 is 2.07 bits per heavy atom. The molecule has 3 nitrogen and oxygen atoms in total. The topological polar surface area (TPSA) is 38.5 Å². The Morgan fingerprint density at radius 1 is 1.27 bits per heavy atom. The predicted octanol–water partition coefficient (Wildman–Crippen LogP) is 1.08. The Bertz CT molecular complexity index is 202. The molecule has 0 amide bonds. The first-order chi connectivity index (χ1) is 7.18. The Kier molecular flexibility index (Phi) is 3.65. The van der Waals surface area contributed by atoms with Crippen molar-refractivity contribution in [2.75, 3.05) is 26.3 Å². The standard InChI is InChI=1S/C12H24N2O/c1-9(13)11-3-5-14(7-11)10(2)12-4-6-15-8-12/h9-12H,3-8,13H2,1-2H3. The molecule has 4 atom stereocenters. The van der Waals surface area contributed by atoms with Gasteiger partial charge in [-0.1, -0.05) is 0 Å². The summed E-state index contributed by atoms with van der Waals surface area (Å²) in [5, 5.41) is 0. The van der Waals surface area contributed by atoms with E-state index in [9.17, 15) is 0 Å². The lowest BCUT2D eigenvalue weighted by Gasteiger charge is -2.29. The van der Waals surface area contributed by atoms with Gasteiger partial charge in [0, 0.05) is 25.2 Å². The number of ether oxygens (including phenoxy) is 1. The number of nitrogens with zero attached hydrogens (tertiary/aromatic N) is 1. The Morgan fingerprint density at radius 3 is 2.60 bits per heavy atom. The maximum atomic E-state index is 5.96. The zero-order valence-electron chi connectivity index (χ0n) is 9.98. The summed E-state index contributed by atoms with van der Waals surface area (Å²) in [6, 6.07) is 1.03. The molecule has 0 aromatic heterocycles. The van der Waals surface area contributed by atoms with Crippen molar-refractivity contribution in [2.45, 2.75) is 38.8 Å². The van der Waals surface area contributed by atoms with Gasteiger partial charge < -0.3 is 10.5 Å². The van der Waals surface area contributed by atoms with E-state index in [1.807, 2.05) is 0 Å². The highest BCUT2D eigenvalue weighted by molar-refractivity contribution is 4.87. The van der Waals surface area contributed by atoms with Gasteiger partial charge in [0.25, 0.3) is 0 Å². The van der Waals surface area contributed by atoms with Crippen LogP contribution in [0.5, 0.6) is 0 Å². The van der Waals surface area contributed by atoms with Crippen molar-refractivity contribution in [3.05, 3.63) is 0 Å². The monoisotopic (exact) mass is 212 g/mol. The fourth-order valence-corrected chi connectivity index (χ4v) is 2.85.